The smallest absolute Gasteiger partial charge is 0.270 e. The first-order chi connectivity index (χ1) is 9.13. The molecule has 1 fully saturated rings. The number of hydrogen-bond donors (Lipinski definition) is 1. The average molecular weight is 256 g/mol. The summed E-state index contributed by atoms with van der Waals surface area (Å²) in [7, 11) is 0. The lowest BCUT2D eigenvalue weighted by atomic mass is 9.99. The Bertz CT molecular complexity index is 606. The summed E-state index contributed by atoms with van der Waals surface area (Å²) in [6.07, 6.45) is 2.23. The summed E-state index contributed by atoms with van der Waals surface area (Å²) in [6, 6.07) is 8.20. The van der Waals surface area contributed by atoms with Crippen molar-refractivity contribution in [2.45, 2.75) is 26.7 Å². The number of aromatic amines is 1. The Morgan fingerprint density at radius 2 is 2.00 bits per heavy atom. The highest BCUT2D eigenvalue weighted by Gasteiger charge is 2.22. The summed E-state index contributed by atoms with van der Waals surface area (Å²) in [4.78, 5) is 17.7. The number of nitrogens with one attached hydrogen (secondary N) is 1. The molecule has 19 heavy (non-hydrogen) atoms. The molecular weight excluding hydrogens is 236 g/mol. The molecule has 3 heteroatoms. The number of benzene rings is 1. The zero-order valence-electron chi connectivity index (χ0n) is 11.6. The van der Waals surface area contributed by atoms with Crippen molar-refractivity contribution in [3.8, 4) is 0 Å². The van der Waals surface area contributed by atoms with Gasteiger partial charge in [0, 0.05) is 24.0 Å². The number of rotatable bonds is 1. The molecule has 0 saturated carbocycles. The van der Waals surface area contributed by atoms with Gasteiger partial charge in [0.15, 0.2) is 0 Å². The zero-order chi connectivity index (χ0) is 13.4. The van der Waals surface area contributed by atoms with Gasteiger partial charge >= 0.3 is 0 Å². The van der Waals surface area contributed by atoms with E-state index in [9.17, 15) is 4.79 Å². The Kier molecular flexibility index (Phi) is 3.05. The molecule has 0 bridgehead atoms. The fraction of sp³-hybridized carbons (Fsp3) is 0.438. The lowest BCUT2D eigenvalue weighted by Gasteiger charge is -2.29. The Morgan fingerprint density at radius 3 is 2.74 bits per heavy atom. The molecule has 3 rings (SSSR count). The van der Waals surface area contributed by atoms with E-state index in [4.69, 9.17) is 0 Å². The minimum Gasteiger partial charge on any atom is -0.351 e. The molecule has 2 heterocycles. The molecule has 2 aromatic rings. The van der Waals surface area contributed by atoms with Gasteiger partial charge in [0.2, 0.25) is 0 Å². The van der Waals surface area contributed by atoms with Crippen LogP contribution in [-0.2, 0) is 0 Å². The third-order valence-electron chi connectivity index (χ3n) is 4.08. The van der Waals surface area contributed by atoms with Gasteiger partial charge in [0.25, 0.3) is 5.91 Å². The van der Waals surface area contributed by atoms with Gasteiger partial charge in [-0.15, -0.1) is 0 Å². The van der Waals surface area contributed by atoms with Crippen molar-refractivity contribution in [1.82, 2.24) is 9.88 Å². The van der Waals surface area contributed by atoms with Crippen molar-refractivity contribution in [2.24, 2.45) is 5.92 Å². The fourth-order valence-electron chi connectivity index (χ4n) is 2.74. The van der Waals surface area contributed by atoms with E-state index in [0.29, 0.717) is 0 Å². The molecule has 1 saturated heterocycles. The molecular formula is C16H20N2O. The number of aryl methyl sites for hydroxylation is 1. The number of carbonyl (C=O) groups is 1. The van der Waals surface area contributed by atoms with Gasteiger partial charge in [0.05, 0.1) is 0 Å². The number of piperidine rings is 1. The van der Waals surface area contributed by atoms with E-state index >= 15 is 0 Å². The molecule has 1 aromatic carbocycles. The van der Waals surface area contributed by atoms with Gasteiger partial charge in [-0.25, -0.2) is 0 Å². The van der Waals surface area contributed by atoms with Crippen LogP contribution in [0.3, 0.4) is 0 Å². The molecule has 0 atom stereocenters. The van der Waals surface area contributed by atoms with Gasteiger partial charge in [-0.2, -0.15) is 0 Å². The molecule has 0 radical (unpaired) electrons. The van der Waals surface area contributed by atoms with Crippen LogP contribution in [0.25, 0.3) is 10.9 Å². The number of amides is 1. The molecule has 1 N–H and O–H groups in total. The maximum Gasteiger partial charge on any atom is 0.270 e. The van der Waals surface area contributed by atoms with Gasteiger partial charge < -0.3 is 9.88 Å². The van der Waals surface area contributed by atoms with Crippen molar-refractivity contribution in [1.29, 1.82) is 0 Å². The normalized spacial score (nSPS) is 17.1. The maximum atomic E-state index is 12.5. The van der Waals surface area contributed by atoms with Gasteiger partial charge in [-0.1, -0.05) is 19.1 Å². The van der Waals surface area contributed by atoms with Crippen LogP contribution in [0.2, 0.25) is 0 Å². The van der Waals surface area contributed by atoms with Crippen molar-refractivity contribution in [3.05, 3.63) is 35.5 Å². The minimum absolute atomic E-state index is 0.140. The second-order valence-electron chi connectivity index (χ2n) is 5.75. The van der Waals surface area contributed by atoms with E-state index in [2.05, 4.69) is 37.0 Å². The first kappa shape index (κ1) is 12.3. The monoisotopic (exact) mass is 256 g/mol. The molecule has 0 aliphatic carbocycles. The van der Waals surface area contributed by atoms with E-state index in [1.807, 2.05) is 11.0 Å². The molecule has 0 spiro atoms. The fourth-order valence-corrected chi connectivity index (χ4v) is 2.74. The largest absolute Gasteiger partial charge is 0.351 e. The predicted molar refractivity (Wildman–Crippen MR) is 77.3 cm³/mol. The second-order valence-corrected chi connectivity index (χ2v) is 5.75. The Hall–Kier alpha value is -1.77. The van der Waals surface area contributed by atoms with E-state index in [1.165, 1.54) is 5.56 Å². The van der Waals surface area contributed by atoms with Crippen LogP contribution in [-0.4, -0.2) is 28.9 Å². The number of H-pyrrole nitrogens is 1. The summed E-state index contributed by atoms with van der Waals surface area (Å²) in [5.74, 6) is 0.884. The molecule has 1 aliphatic rings. The Balaban J connectivity index is 1.85. The van der Waals surface area contributed by atoms with Crippen molar-refractivity contribution in [3.63, 3.8) is 0 Å². The standard InChI is InChI=1S/C16H20N2O/c1-11-5-7-18(8-6-11)16(19)15-10-13-4-3-12(2)9-14(13)17-15/h3-4,9-11,17H,5-8H2,1-2H3. The number of likely N-dealkylation sites (tertiary alicyclic amines) is 1. The topological polar surface area (TPSA) is 36.1 Å². The zero-order valence-corrected chi connectivity index (χ0v) is 11.6. The van der Waals surface area contributed by atoms with Gasteiger partial charge in [0.1, 0.15) is 5.69 Å². The predicted octanol–water partition coefficient (Wildman–Crippen LogP) is 3.35. The first-order valence-electron chi connectivity index (χ1n) is 7.02. The quantitative estimate of drug-likeness (QED) is 0.834. The third kappa shape index (κ3) is 2.37. The highest BCUT2D eigenvalue weighted by Crippen LogP contribution is 2.21. The molecule has 1 amide bonds. The van der Waals surface area contributed by atoms with Crippen LogP contribution in [0.5, 0.6) is 0 Å². The van der Waals surface area contributed by atoms with Crippen LogP contribution >= 0.6 is 0 Å². The van der Waals surface area contributed by atoms with Crippen molar-refractivity contribution in [2.75, 3.05) is 13.1 Å². The molecule has 1 aromatic heterocycles. The molecule has 1 aliphatic heterocycles. The second kappa shape index (κ2) is 4.72. The lowest BCUT2D eigenvalue weighted by molar-refractivity contribution is 0.0692. The van der Waals surface area contributed by atoms with Crippen LogP contribution in [0, 0.1) is 12.8 Å². The van der Waals surface area contributed by atoms with E-state index in [-0.39, 0.29) is 5.91 Å². The first-order valence-corrected chi connectivity index (χ1v) is 7.02. The lowest BCUT2D eigenvalue weighted by Crippen LogP contribution is -2.38. The minimum atomic E-state index is 0.140. The van der Waals surface area contributed by atoms with Crippen LogP contribution in [0.4, 0.5) is 0 Å². The number of fused-ring (bicyclic) bond motifs is 1. The van der Waals surface area contributed by atoms with Gasteiger partial charge in [-0.3, -0.25) is 4.79 Å². The van der Waals surface area contributed by atoms with Crippen LogP contribution < -0.4 is 0 Å². The summed E-state index contributed by atoms with van der Waals surface area (Å²) in [5.41, 5.74) is 2.98. The maximum absolute atomic E-state index is 12.5. The van der Waals surface area contributed by atoms with Crippen LogP contribution in [0.1, 0.15) is 35.8 Å². The van der Waals surface area contributed by atoms with E-state index in [1.54, 1.807) is 0 Å². The van der Waals surface area contributed by atoms with Crippen LogP contribution in [0.15, 0.2) is 24.3 Å². The number of carbonyl (C=O) groups excluding carboxylic acids is 1. The third-order valence-corrected chi connectivity index (χ3v) is 4.08. The molecule has 0 unspecified atom stereocenters. The Morgan fingerprint density at radius 1 is 1.26 bits per heavy atom. The van der Waals surface area contributed by atoms with Gasteiger partial charge in [-0.05, 0) is 43.4 Å². The number of nitrogens with zero attached hydrogens (tertiary/aromatic N) is 1. The van der Waals surface area contributed by atoms with Crippen molar-refractivity contribution < 1.29 is 4.79 Å². The summed E-state index contributed by atoms with van der Waals surface area (Å²) < 4.78 is 0. The highest BCUT2D eigenvalue weighted by molar-refractivity contribution is 5.98. The van der Waals surface area contributed by atoms with E-state index < -0.39 is 0 Å². The number of aromatic nitrogens is 1. The molecule has 100 valence electrons. The Labute approximate surface area is 113 Å². The summed E-state index contributed by atoms with van der Waals surface area (Å²) in [6.45, 7) is 6.09. The van der Waals surface area contributed by atoms with E-state index in [0.717, 1.165) is 48.4 Å². The van der Waals surface area contributed by atoms with Crippen molar-refractivity contribution >= 4 is 16.8 Å². The number of hydrogen-bond acceptors (Lipinski definition) is 1. The summed E-state index contributed by atoms with van der Waals surface area (Å²) >= 11 is 0. The molecule has 3 nitrogen and oxygen atoms in total. The highest BCUT2D eigenvalue weighted by atomic mass is 16.2. The average Bonchev–Trinajstić information content (AvgIpc) is 2.81. The summed E-state index contributed by atoms with van der Waals surface area (Å²) in [5, 5.41) is 1.11. The SMILES string of the molecule is Cc1ccc2cc(C(=O)N3CCC(C)CC3)[nH]c2c1.